The third kappa shape index (κ3) is 4.68. The Morgan fingerprint density at radius 3 is 2.70 bits per heavy atom. The van der Waals surface area contributed by atoms with Crippen molar-refractivity contribution in [2.24, 2.45) is 4.99 Å². The van der Waals surface area contributed by atoms with Crippen LogP contribution in [0, 0.1) is 0 Å². The van der Waals surface area contributed by atoms with E-state index in [2.05, 4.69) is 16.4 Å². The molecule has 0 radical (unpaired) electrons. The summed E-state index contributed by atoms with van der Waals surface area (Å²) >= 11 is 1.08. The van der Waals surface area contributed by atoms with E-state index in [9.17, 15) is 14.4 Å². The van der Waals surface area contributed by atoms with Gasteiger partial charge in [-0.15, -0.1) is 11.8 Å². The van der Waals surface area contributed by atoms with Gasteiger partial charge in [0, 0.05) is 5.75 Å². The Kier molecular flexibility index (Phi) is 5.53. The lowest BCUT2D eigenvalue weighted by atomic mass is 10.1. The molecule has 1 aromatic carbocycles. The molecule has 2 rings (SSSR count). The molecule has 1 unspecified atom stereocenters. The highest BCUT2D eigenvalue weighted by Gasteiger charge is 2.29. The van der Waals surface area contributed by atoms with Crippen molar-refractivity contribution in [1.29, 1.82) is 0 Å². The normalized spacial score (nSPS) is 17.1. The van der Waals surface area contributed by atoms with E-state index in [1.807, 2.05) is 11.5 Å². The van der Waals surface area contributed by atoms with E-state index >= 15 is 0 Å². The minimum absolute atomic E-state index is 0.0619. The van der Waals surface area contributed by atoms with Gasteiger partial charge in [-0.05, 0) is 11.1 Å². The number of thioether (sulfide) groups is 1. The van der Waals surface area contributed by atoms with E-state index in [1.165, 1.54) is 0 Å². The maximum absolute atomic E-state index is 11.8. The maximum Gasteiger partial charge on any atom is 0.366 e. The van der Waals surface area contributed by atoms with Crippen LogP contribution in [0.3, 0.4) is 0 Å². The predicted octanol–water partition coefficient (Wildman–Crippen LogP) is 0.958. The maximum atomic E-state index is 11.8. The molecule has 0 saturated heterocycles. The molecule has 0 spiro atoms. The first-order chi connectivity index (χ1) is 11.0. The number of carbonyl (C=O) groups is 3. The number of carboxylic acid groups (broad SMARTS) is 1. The number of benzene rings is 1. The van der Waals surface area contributed by atoms with Crippen molar-refractivity contribution in [2.75, 3.05) is 5.75 Å². The molecule has 1 heterocycles. The van der Waals surface area contributed by atoms with Crippen LogP contribution in [0.5, 0.6) is 0 Å². The molecule has 7 nitrogen and oxygen atoms in total. The van der Waals surface area contributed by atoms with Crippen LogP contribution in [-0.2, 0) is 25.6 Å². The van der Waals surface area contributed by atoms with Gasteiger partial charge in [-0.25, -0.2) is 9.59 Å². The average molecular weight is 334 g/mol. The van der Waals surface area contributed by atoms with Gasteiger partial charge in [0.1, 0.15) is 5.71 Å². The van der Waals surface area contributed by atoms with Crippen LogP contribution in [0.15, 0.2) is 47.5 Å². The number of nitrogens with one attached hydrogen (secondary N) is 1. The number of nitrogens with zero attached hydrogens (tertiary/aromatic N) is 1. The zero-order valence-corrected chi connectivity index (χ0v) is 12.8. The number of hydrogen-bond acceptors (Lipinski definition) is 6. The molecule has 120 valence electrons. The summed E-state index contributed by atoms with van der Waals surface area (Å²) in [5.74, 6) is -2.32. The first kappa shape index (κ1) is 16.8. The molecule has 8 heteroatoms. The van der Waals surface area contributed by atoms with Gasteiger partial charge in [-0.2, -0.15) is 5.48 Å². The Balaban J connectivity index is 1.88. The van der Waals surface area contributed by atoms with Gasteiger partial charge < -0.3 is 9.94 Å². The lowest BCUT2D eigenvalue weighted by molar-refractivity contribution is -0.157. The number of rotatable bonds is 4. The lowest BCUT2D eigenvalue weighted by Gasteiger charge is -2.18. The van der Waals surface area contributed by atoms with Crippen LogP contribution in [0.25, 0.3) is 0 Å². The molecule has 1 aliphatic heterocycles. The minimum atomic E-state index is -1.25. The quantitative estimate of drug-likeness (QED) is 0.795. The predicted molar refractivity (Wildman–Crippen MR) is 84.8 cm³/mol. The van der Waals surface area contributed by atoms with Gasteiger partial charge in [0.05, 0.1) is 6.42 Å². The SMILES string of the molecule is C=C1CSC(C(=O)ONC(=O)Cc2ccccc2)N=C1C(=O)O. The summed E-state index contributed by atoms with van der Waals surface area (Å²) in [5.41, 5.74) is 2.90. The fourth-order valence-electron chi connectivity index (χ4n) is 1.80. The molecule has 2 N–H and O–H groups in total. The fourth-order valence-corrected chi connectivity index (χ4v) is 2.66. The fraction of sp³-hybridized carbons (Fsp3) is 0.200. The number of aliphatic imine (C=N–C) groups is 1. The zero-order valence-electron chi connectivity index (χ0n) is 12.0. The number of aliphatic carboxylic acids is 1. The third-order valence-corrected chi connectivity index (χ3v) is 4.00. The van der Waals surface area contributed by atoms with E-state index in [1.54, 1.807) is 24.3 Å². The smallest absolute Gasteiger partial charge is 0.366 e. The summed E-state index contributed by atoms with van der Waals surface area (Å²) in [7, 11) is 0. The molecular weight excluding hydrogens is 320 g/mol. The van der Waals surface area contributed by atoms with Gasteiger partial charge in [-0.3, -0.25) is 9.79 Å². The van der Waals surface area contributed by atoms with Crippen molar-refractivity contribution in [3.63, 3.8) is 0 Å². The summed E-state index contributed by atoms with van der Waals surface area (Å²) in [6.07, 6.45) is 0.0619. The highest BCUT2D eigenvalue weighted by atomic mass is 32.2. The number of hydrogen-bond donors (Lipinski definition) is 2. The number of amides is 1. The Hall–Kier alpha value is -2.61. The van der Waals surface area contributed by atoms with Crippen LogP contribution < -0.4 is 5.48 Å². The Morgan fingerprint density at radius 2 is 2.04 bits per heavy atom. The molecule has 0 saturated carbocycles. The Morgan fingerprint density at radius 1 is 1.35 bits per heavy atom. The van der Waals surface area contributed by atoms with Crippen molar-refractivity contribution in [2.45, 2.75) is 11.8 Å². The first-order valence-electron chi connectivity index (χ1n) is 6.61. The van der Waals surface area contributed by atoms with Crippen LogP contribution in [0.2, 0.25) is 0 Å². The molecule has 0 fully saturated rings. The second-order valence-corrected chi connectivity index (χ2v) is 5.73. The molecule has 1 aliphatic rings. The van der Waals surface area contributed by atoms with Crippen molar-refractivity contribution in [3.8, 4) is 0 Å². The molecule has 23 heavy (non-hydrogen) atoms. The van der Waals surface area contributed by atoms with Gasteiger partial charge in [-0.1, -0.05) is 36.9 Å². The molecule has 1 amide bonds. The first-order valence-corrected chi connectivity index (χ1v) is 7.66. The lowest BCUT2D eigenvalue weighted by Crippen LogP contribution is -2.35. The van der Waals surface area contributed by atoms with Crippen LogP contribution in [-0.4, -0.2) is 39.8 Å². The standard InChI is InChI=1S/C15H14N2O5S/c1-9-8-23-13(16-12(9)14(19)20)15(21)22-17-11(18)7-10-5-3-2-4-6-10/h2-6,13H,1,7-8H2,(H,17,18)(H,19,20). The van der Waals surface area contributed by atoms with Crippen molar-refractivity contribution < 1.29 is 24.3 Å². The topological polar surface area (TPSA) is 105 Å². The van der Waals surface area contributed by atoms with Gasteiger partial charge >= 0.3 is 11.9 Å². The van der Waals surface area contributed by atoms with Crippen LogP contribution >= 0.6 is 11.8 Å². The summed E-state index contributed by atoms with van der Waals surface area (Å²) < 4.78 is 0. The molecule has 0 aromatic heterocycles. The summed E-state index contributed by atoms with van der Waals surface area (Å²) in [6.45, 7) is 3.58. The Bertz CT molecular complexity index is 672. The van der Waals surface area contributed by atoms with Crippen LogP contribution in [0.1, 0.15) is 5.56 Å². The van der Waals surface area contributed by atoms with Crippen molar-refractivity contribution in [1.82, 2.24) is 5.48 Å². The third-order valence-electron chi connectivity index (χ3n) is 2.87. The number of carbonyl (C=O) groups excluding carboxylic acids is 2. The van der Waals surface area contributed by atoms with E-state index in [0.717, 1.165) is 17.3 Å². The monoisotopic (exact) mass is 334 g/mol. The summed E-state index contributed by atoms with van der Waals surface area (Å²) in [4.78, 5) is 43.0. The second kappa shape index (κ2) is 7.59. The van der Waals surface area contributed by atoms with E-state index in [0.29, 0.717) is 5.57 Å². The number of hydroxylamine groups is 1. The average Bonchev–Trinajstić information content (AvgIpc) is 2.53. The van der Waals surface area contributed by atoms with Crippen molar-refractivity contribution in [3.05, 3.63) is 48.0 Å². The number of carboxylic acids is 1. The van der Waals surface area contributed by atoms with Crippen LogP contribution in [0.4, 0.5) is 0 Å². The van der Waals surface area contributed by atoms with E-state index in [4.69, 9.17) is 5.11 Å². The second-order valence-electron chi connectivity index (χ2n) is 4.66. The largest absolute Gasteiger partial charge is 0.477 e. The summed E-state index contributed by atoms with van der Waals surface area (Å²) in [5, 5.41) is 7.93. The summed E-state index contributed by atoms with van der Waals surface area (Å²) in [6, 6.07) is 8.96. The Labute approximate surface area is 136 Å². The zero-order chi connectivity index (χ0) is 16.8. The highest BCUT2D eigenvalue weighted by Crippen LogP contribution is 2.23. The van der Waals surface area contributed by atoms with Crippen molar-refractivity contribution >= 4 is 35.3 Å². The van der Waals surface area contributed by atoms with E-state index in [-0.39, 0.29) is 17.9 Å². The highest BCUT2D eigenvalue weighted by molar-refractivity contribution is 8.00. The minimum Gasteiger partial charge on any atom is -0.477 e. The molecule has 1 aromatic rings. The molecule has 0 aliphatic carbocycles. The molecule has 1 atom stereocenters. The van der Waals surface area contributed by atoms with E-state index < -0.39 is 23.2 Å². The van der Waals surface area contributed by atoms with Gasteiger partial charge in [0.25, 0.3) is 5.91 Å². The molecule has 0 bridgehead atoms. The molecular formula is C15H14N2O5S. The van der Waals surface area contributed by atoms with Gasteiger partial charge in [0.2, 0.25) is 0 Å². The van der Waals surface area contributed by atoms with Gasteiger partial charge in [0.15, 0.2) is 5.37 Å².